The lowest BCUT2D eigenvalue weighted by Gasteiger charge is -2.16. The van der Waals surface area contributed by atoms with Crippen LogP contribution in [0.5, 0.6) is 0 Å². The Morgan fingerprint density at radius 1 is 1.38 bits per heavy atom. The first-order valence-corrected chi connectivity index (χ1v) is 10.2. The van der Waals surface area contributed by atoms with Crippen LogP contribution < -0.4 is 11.3 Å². The van der Waals surface area contributed by atoms with Crippen molar-refractivity contribution in [2.45, 2.75) is 36.7 Å². The molecule has 29 heavy (non-hydrogen) atoms. The average Bonchev–Trinajstić information content (AvgIpc) is 3.24. The first-order valence-electron chi connectivity index (χ1n) is 8.76. The van der Waals surface area contributed by atoms with Crippen LogP contribution in [0.4, 0.5) is 5.95 Å². The number of aliphatic hydroxyl groups excluding tert-OH is 1. The van der Waals surface area contributed by atoms with Gasteiger partial charge in [-0.15, -0.1) is 0 Å². The molecule has 1 fully saturated rings. The van der Waals surface area contributed by atoms with Gasteiger partial charge in [0.1, 0.15) is 12.3 Å². The third kappa shape index (κ3) is 3.74. The third-order valence-corrected chi connectivity index (χ3v) is 5.96. The second-order valence-electron chi connectivity index (χ2n) is 6.76. The first kappa shape index (κ1) is 19.5. The summed E-state index contributed by atoms with van der Waals surface area (Å²) in [6, 6.07) is 6.23. The lowest BCUT2D eigenvalue weighted by atomic mass is 10.2. The number of aryl methyl sites for hydroxylation is 1. The molecule has 1 saturated heterocycles. The van der Waals surface area contributed by atoms with E-state index >= 15 is 0 Å². The number of ether oxygens (including phenoxy) is 1. The van der Waals surface area contributed by atoms with E-state index in [1.165, 1.54) is 23.0 Å². The molecule has 12 heteroatoms. The highest BCUT2D eigenvalue weighted by atomic mass is 32.2. The first-order chi connectivity index (χ1) is 13.7. The molecule has 0 spiro atoms. The fourth-order valence-electron chi connectivity index (χ4n) is 3.12. The molecule has 1 aromatic carbocycles. The van der Waals surface area contributed by atoms with Crippen molar-refractivity contribution in [1.29, 1.82) is 0 Å². The molecule has 4 N–H and O–H groups in total. The van der Waals surface area contributed by atoms with E-state index in [9.17, 15) is 18.3 Å². The van der Waals surface area contributed by atoms with Crippen LogP contribution in [0.15, 0.2) is 40.3 Å². The summed E-state index contributed by atoms with van der Waals surface area (Å²) >= 11 is 0. The molecule has 4 rings (SSSR count). The van der Waals surface area contributed by atoms with Crippen molar-refractivity contribution in [2.24, 2.45) is 0 Å². The van der Waals surface area contributed by atoms with E-state index in [0.717, 1.165) is 5.56 Å². The number of nitrogens with two attached hydrogens (primary N) is 1. The fourth-order valence-corrected chi connectivity index (χ4v) is 4.04. The molecule has 3 aromatic rings. The van der Waals surface area contributed by atoms with Crippen LogP contribution in [-0.2, 0) is 19.0 Å². The van der Waals surface area contributed by atoms with Gasteiger partial charge in [0.15, 0.2) is 11.2 Å². The number of aromatic nitrogens is 4. The number of fused-ring (bicyclic) bond motifs is 1. The zero-order chi connectivity index (χ0) is 20.8. The minimum absolute atomic E-state index is 0.0200. The van der Waals surface area contributed by atoms with Gasteiger partial charge in [0.2, 0.25) is 5.95 Å². The Kier molecular flexibility index (Phi) is 4.86. The molecule has 1 aliphatic heterocycles. The van der Waals surface area contributed by atoms with Crippen molar-refractivity contribution in [3.63, 3.8) is 0 Å². The highest BCUT2D eigenvalue weighted by molar-refractivity contribution is 7.86. The largest absolute Gasteiger partial charge is 0.390 e. The normalized spacial score (nSPS) is 22.3. The maximum atomic E-state index is 12.3. The Balaban J connectivity index is 1.49. The Bertz CT molecular complexity index is 1200. The van der Waals surface area contributed by atoms with E-state index in [-0.39, 0.29) is 35.0 Å². The van der Waals surface area contributed by atoms with Gasteiger partial charge in [0.25, 0.3) is 15.7 Å². The molecule has 11 nitrogen and oxygen atoms in total. The van der Waals surface area contributed by atoms with Crippen LogP contribution in [-0.4, -0.2) is 51.9 Å². The number of hydrogen-bond acceptors (Lipinski definition) is 9. The number of hydrogen-bond donors (Lipinski definition) is 3. The maximum absolute atomic E-state index is 12.3. The molecule has 3 atom stereocenters. The van der Waals surface area contributed by atoms with E-state index in [1.54, 1.807) is 12.1 Å². The standard InChI is InChI=1S/C17H19N5O6S/c1-9-2-4-10(5-3-9)29(25,26)27-7-12-11(23)6-13(28-12)22-8-19-14-15(22)20-17(18)21-16(14)24/h2-5,8,11-13,23H,6-7H2,1H3,(H3,18,20,21,24)/t11-,12-,13-/m1/s1. The summed E-state index contributed by atoms with van der Waals surface area (Å²) in [5, 5.41) is 10.3. The molecular formula is C17H19N5O6S. The Labute approximate surface area is 165 Å². The van der Waals surface area contributed by atoms with Crippen LogP contribution >= 0.6 is 0 Å². The average molecular weight is 421 g/mol. The van der Waals surface area contributed by atoms with Gasteiger partial charge in [-0.25, -0.2) is 4.98 Å². The van der Waals surface area contributed by atoms with Gasteiger partial charge in [-0.05, 0) is 19.1 Å². The summed E-state index contributed by atoms with van der Waals surface area (Å²) in [6.45, 7) is 1.48. The molecule has 0 bridgehead atoms. The summed E-state index contributed by atoms with van der Waals surface area (Å²) < 4.78 is 37.0. The van der Waals surface area contributed by atoms with Crippen molar-refractivity contribution in [2.75, 3.05) is 12.3 Å². The predicted molar refractivity (Wildman–Crippen MR) is 101 cm³/mol. The molecule has 0 saturated carbocycles. The van der Waals surface area contributed by atoms with Gasteiger partial charge in [-0.3, -0.25) is 18.5 Å². The summed E-state index contributed by atoms with van der Waals surface area (Å²) in [5.74, 6) is -0.0770. The lowest BCUT2D eigenvalue weighted by molar-refractivity contribution is -0.0371. The van der Waals surface area contributed by atoms with Gasteiger partial charge in [0.05, 0.1) is 23.9 Å². The number of anilines is 1. The van der Waals surface area contributed by atoms with Crippen molar-refractivity contribution in [1.82, 2.24) is 19.5 Å². The molecule has 1 aliphatic rings. The SMILES string of the molecule is Cc1ccc(S(=O)(=O)OC[C@H]2O[C@@H](n3cnc4c(=O)[nH]c(N)nc43)C[C@H]2O)cc1. The van der Waals surface area contributed by atoms with Crippen LogP contribution in [0.2, 0.25) is 0 Å². The molecule has 3 heterocycles. The number of aliphatic hydroxyl groups is 1. The van der Waals surface area contributed by atoms with E-state index in [1.807, 2.05) is 6.92 Å². The zero-order valence-corrected chi connectivity index (χ0v) is 16.2. The highest BCUT2D eigenvalue weighted by Crippen LogP contribution is 2.31. The summed E-state index contributed by atoms with van der Waals surface area (Å²) in [6.07, 6.45) is -1.09. The summed E-state index contributed by atoms with van der Waals surface area (Å²) in [7, 11) is -3.99. The van der Waals surface area contributed by atoms with Gasteiger partial charge in [0, 0.05) is 6.42 Å². The molecule has 0 aliphatic carbocycles. The Morgan fingerprint density at radius 3 is 2.83 bits per heavy atom. The second-order valence-corrected chi connectivity index (χ2v) is 8.37. The van der Waals surface area contributed by atoms with E-state index in [4.69, 9.17) is 14.7 Å². The topological polar surface area (TPSA) is 162 Å². The molecule has 0 radical (unpaired) electrons. The minimum Gasteiger partial charge on any atom is -0.390 e. The van der Waals surface area contributed by atoms with Crippen LogP contribution in [0.3, 0.4) is 0 Å². The molecule has 154 valence electrons. The number of imidazole rings is 1. The third-order valence-electron chi connectivity index (χ3n) is 4.66. The zero-order valence-electron chi connectivity index (χ0n) is 15.3. The Hall–Kier alpha value is -2.80. The quantitative estimate of drug-likeness (QED) is 0.484. The van der Waals surface area contributed by atoms with E-state index in [0.29, 0.717) is 0 Å². The smallest absolute Gasteiger partial charge is 0.297 e. The lowest BCUT2D eigenvalue weighted by Crippen LogP contribution is -2.28. The Morgan fingerprint density at radius 2 is 2.10 bits per heavy atom. The van der Waals surface area contributed by atoms with Gasteiger partial charge >= 0.3 is 0 Å². The van der Waals surface area contributed by atoms with E-state index < -0.39 is 34.1 Å². The predicted octanol–water partition coefficient (Wildman–Crippen LogP) is 0.0641. The molecule has 0 amide bonds. The number of benzene rings is 1. The van der Waals surface area contributed by atoms with Crippen molar-refractivity contribution in [3.05, 3.63) is 46.5 Å². The highest BCUT2D eigenvalue weighted by Gasteiger charge is 2.37. The van der Waals surface area contributed by atoms with Gasteiger partial charge in [-0.1, -0.05) is 17.7 Å². The number of rotatable bonds is 5. The number of nitrogens with zero attached hydrogens (tertiary/aromatic N) is 3. The fraction of sp³-hybridized carbons (Fsp3) is 0.353. The summed E-state index contributed by atoms with van der Waals surface area (Å²) in [4.78, 5) is 22.3. The summed E-state index contributed by atoms with van der Waals surface area (Å²) in [5.41, 5.74) is 6.30. The number of nitrogen functional groups attached to an aromatic ring is 1. The second kappa shape index (κ2) is 7.22. The van der Waals surface area contributed by atoms with Gasteiger partial charge in [-0.2, -0.15) is 13.4 Å². The van der Waals surface area contributed by atoms with Crippen LogP contribution in [0.1, 0.15) is 18.2 Å². The number of nitrogens with one attached hydrogen (secondary N) is 1. The van der Waals surface area contributed by atoms with E-state index in [2.05, 4.69) is 15.0 Å². The van der Waals surface area contributed by atoms with Crippen LogP contribution in [0, 0.1) is 6.92 Å². The molecule has 2 aromatic heterocycles. The number of H-pyrrole nitrogens is 1. The number of aromatic amines is 1. The van der Waals surface area contributed by atoms with Crippen molar-refractivity contribution >= 4 is 27.2 Å². The monoisotopic (exact) mass is 421 g/mol. The van der Waals surface area contributed by atoms with Crippen molar-refractivity contribution < 1.29 is 22.4 Å². The minimum atomic E-state index is -3.99. The van der Waals surface area contributed by atoms with Crippen molar-refractivity contribution in [3.8, 4) is 0 Å². The maximum Gasteiger partial charge on any atom is 0.297 e. The van der Waals surface area contributed by atoms with Gasteiger partial charge < -0.3 is 15.6 Å². The molecule has 0 unspecified atom stereocenters. The molecular weight excluding hydrogens is 402 g/mol. The van der Waals surface area contributed by atoms with Crippen LogP contribution in [0.25, 0.3) is 11.2 Å².